The van der Waals surface area contributed by atoms with Crippen LogP contribution in [0.15, 0.2) is 0 Å². The van der Waals surface area contributed by atoms with Crippen LogP contribution in [0.3, 0.4) is 0 Å². The summed E-state index contributed by atoms with van der Waals surface area (Å²) in [7, 11) is 1.65. The van der Waals surface area contributed by atoms with Crippen molar-refractivity contribution in [3.8, 4) is 0 Å². The summed E-state index contributed by atoms with van der Waals surface area (Å²) in [6.45, 7) is 10.2. The smallest absolute Gasteiger partial charge is 0.162 e. The molecular weight excluding hydrogens is 308 g/mol. The predicted octanol–water partition coefficient (Wildman–Crippen LogP) is 3.73. The number of aliphatic hydroxyl groups is 1. The van der Waals surface area contributed by atoms with E-state index < -0.39 is 11.6 Å². The molecule has 24 heavy (non-hydrogen) atoms. The van der Waals surface area contributed by atoms with Crippen LogP contribution in [0.5, 0.6) is 0 Å². The van der Waals surface area contributed by atoms with Crippen molar-refractivity contribution in [1.82, 2.24) is 0 Å². The van der Waals surface area contributed by atoms with E-state index in [9.17, 15) is 5.11 Å². The first-order valence-electron chi connectivity index (χ1n) is 9.36. The lowest BCUT2D eigenvalue weighted by Crippen LogP contribution is -2.32. The van der Waals surface area contributed by atoms with Crippen LogP contribution in [0.4, 0.5) is 0 Å². The number of hydrogen-bond donors (Lipinski definition) is 1. The van der Waals surface area contributed by atoms with E-state index in [0.29, 0.717) is 31.7 Å². The van der Waals surface area contributed by atoms with Crippen LogP contribution < -0.4 is 0 Å². The highest BCUT2D eigenvalue weighted by Crippen LogP contribution is 2.29. The largest absolute Gasteiger partial charge is 0.396 e. The fourth-order valence-corrected chi connectivity index (χ4v) is 2.84. The van der Waals surface area contributed by atoms with E-state index in [1.807, 2.05) is 27.7 Å². The first-order valence-corrected chi connectivity index (χ1v) is 9.36. The van der Waals surface area contributed by atoms with Crippen molar-refractivity contribution < 1.29 is 24.1 Å². The number of unbranched alkanes of at least 4 members (excludes halogenated alkanes) is 1. The van der Waals surface area contributed by atoms with E-state index in [4.69, 9.17) is 18.9 Å². The Morgan fingerprint density at radius 3 is 1.79 bits per heavy atom. The number of ether oxygens (including phenoxy) is 4. The first kappa shape index (κ1) is 21.8. The Kier molecular flexibility index (Phi) is 9.75. The highest BCUT2D eigenvalue weighted by molar-refractivity contribution is 4.72. The molecule has 1 fully saturated rings. The maximum atomic E-state index is 9.19. The highest BCUT2D eigenvalue weighted by atomic mass is 16.7. The Hall–Kier alpha value is -0.200. The third kappa shape index (κ3) is 9.33. The maximum Gasteiger partial charge on any atom is 0.162 e. The van der Waals surface area contributed by atoms with Gasteiger partial charge in [0.2, 0.25) is 0 Å². The molecule has 1 N–H and O–H groups in total. The summed E-state index contributed by atoms with van der Waals surface area (Å²) < 4.78 is 22.7. The first-order chi connectivity index (χ1) is 11.3. The lowest BCUT2D eigenvalue weighted by atomic mass is 9.83. The molecule has 1 aliphatic rings. The zero-order chi connectivity index (χ0) is 18.1. The van der Waals surface area contributed by atoms with Crippen LogP contribution >= 0.6 is 0 Å². The molecule has 5 heteroatoms. The van der Waals surface area contributed by atoms with Crippen LogP contribution in [0.25, 0.3) is 0 Å². The second-order valence-electron chi connectivity index (χ2n) is 7.79. The van der Waals surface area contributed by atoms with Gasteiger partial charge >= 0.3 is 0 Å². The van der Waals surface area contributed by atoms with Gasteiger partial charge in [0.25, 0.3) is 0 Å². The van der Waals surface area contributed by atoms with Gasteiger partial charge in [-0.2, -0.15) is 0 Å². The monoisotopic (exact) mass is 346 g/mol. The predicted molar refractivity (Wildman–Crippen MR) is 94.8 cm³/mol. The van der Waals surface area contributed by atoms with Gasteiger partial charge in [0.05, 0.1) is 19.8 Å². The van der Waals surface area contributed by atoms with Crippen molar-refractivity contribution in [3.63, 3.8) is 0 Å². The molecule has 1 rings (SSSR count). The molecule has 5 nitrogen and oxygen atoms in total. The average Bonchev–Trinajstić information content (AvgIpc) is 2.56. The van der Waals surface area contributed by atoms with Gasteiger partial charge in [0.15, 0.2) is 11.6 Å². The Morgan fingerprint density at radius 1 is 0.792 bits per heavy atom. The molecule has 0 aromatic rings. The van der Waals surface area contributed by atoms with Gasteiger partial charge in [-0.15, -0.1) is 0 Å². The second-order valence-corrected chi connectivity index (χ2v) is 7.79. The van der Waals surface area contributed by atoms with Gasteiger partial charge in [-0.05, 0) is 78.1 Å². The van der Waals surface area contributed by atoms with Gasteiger partial charge in [0.1, 0.15) is 0 Å². The molecule has 0 radical (unpaired) electrons. The minimum atomic E-state index is -0.541. The number of aliphatic hydroxyl groups excluding tert-OH is 1. The fraction of sp³-hybridized carbons (Fsp3) is 1.00. The molecule has 0 heterocycles. The molecule has 0 aromatic heterocycles. The summed E-state index contributed by atoms with van der Waals surface area (Å²) in [5, 5.41) is 9.19. The molecule has 0 amide bonds. The maximum absolute atomic E-state index is 9.19. The van der Waals surface area contributed by atoms with Crippen LogP contribution in [-0.4, -0.2) is 50.2 Å². The molecule has 1 aliphatic carbocycles. The second kappa shape index (κ2) is 10.7. The summed E-state index contributed by atoms with van der Waals surface area (Å²) in [6.07, 6.45) is 6.40. The molecule has 0 aromatic carbocycles. The van der Waals surface area contributed by atoms with Gasteiger partial charge < -0.3 is 24.1 Å². The molecule has 0 atom stereocenters. The summed E-state index contributed by atoms with van der Waals surface area (Å²) >= 11 is 0. The minimum Gasteiger partial charge on any atom is -0.396 e. The van der Waals surface area contributed by atoms with Crippen molar-refractivity contribution in [3.05, 3.63) is 0 Å². The van der Waals surface area contributed by atoms with Crippen molar-refractivity contribution in [2.75, 3.05) is 33.5 Å². The zero-order valence-electron chi connectivity index (χ0n) is 16.3. The summed E-state index contributed by atoms with van der Waals surface area (Å²) in [4.78, 5) is 0. The van der Waals surface area contributed by atoms with Crippen LogP contribution in [-0.2, 0) is 18.9 Å². The van der Waals surface area contributed by atoms with Crippen molar-refractivity contribution >= 4 is 0 Å². The van der Waals surface area contributed by atoms with Gasteiger partial charge in [0, 0.05) is 13.7 Å². The van der Waals surface area contributed by atoms with Crippen LogP contribution in [0.2, 0.25) is 0 Å². The molecule has 0 spiro atoms. The molecular formula is C19H38O5. The van der Waals surface area contributed by atoms with Crippen LogP contribution in [0, 0.1) is 11.8 Å². The van der Waals surface area contributed by atoms with E-state index in [2.05, 4.69) is 0 Å². The summed E-state index contributed by atoms with van der Waals surface area (Å²) in [5.41, 5.74) is 0. The van der Waals surface area contributed by atoms with Gasteiger partial charge in [-0.1, -0.05) is 0 Å². The lowest BCUT2D eigenvalue weighted by Gasteiger charge is -2.31. The number of hydrogen-bond acceptors (Lipinski definition) is 5. The fourth-order valence-electron chi connectivity index (χ4n) is 2.84. The standard InChI is InChI=1S/C19H38O5/c1-18(2,21-5)22-12-6-7-13-23-19(3,4)24-15-17-10-8-16(14-20)9-11-17/h16-17,20H,6-15H2,1-5H3. The minimum absolute atomic E-state index is 0.327. The van der Waals surface area contributed by atoms with E-state index in [-0.39, 0.29) is 0 Å². The summed E-state index contributed by atoms with van der Waals surface area (Å²) in [5.74, 6) is 0.0369. The Labute approximate surface area is 148 Å². The lowest BCUT2D eigenvalue weighted by molar-refractivity contribution is -0.223. The van der Waals surface area contributed by atoms with E-state index in [0.717, 1.165) is 45.1 Å². The van der Waals surface area contributed by atoms with E-state index in [1.54, 1.807) is 7.11 Å². The Balaban J connectivity index is 2.07. The molecule has 0 bridgehead atoms. The van der Waals surface area contributed by atoms with Crippen molar-refractivity contribution in [2.24, 2.45) is 11.8 Å². The topological polar surface area (TPSA) is 57.2 Å². The number of methoxy groups -OCH3 is 1. The van der Waals surface area contributed by atoms with Crippen molar-refractivity contribution in [1.29, 1.82) is 0 Å². The highest BCUT2D eigenvalue weighted by Gasteiger charge is 2.25. The average molecular weight is 347 g/mol. The molecule has 1 saturated carbocycles. The molecule has 144 valence electrons. The normalized spacial score (nSPS) is 22.8. The van der Waals surface area contributed by atoms with E-state index in [1.165, 1.54) is 0 Å². The quantitative estimate of drug-likeness (QED) is 0.431. The zero-order valence-corrected chi connectivity index (χ0v) is 16.3. The van der Waals surface area contributed by atoms with Gasteiger partial charge in [-0.25, -0.2) is 0 Å². The SMILES string of the molecule is COC(C)(C)OCCCCOC(C)(C)OCC1CCC(CO)CC1. The van der Waals surface area contributed by atoms with Gasteiger partial charge in [-0.3, -0.25) is 0 Å². The number of rotatable bonds is 12. The molecule has 0 aliphatic heterocycles. The molecule has 0 unspecified atom stereocenters. The Bertz CT molecular complexity index is 322. The van der Waals surface area contributed by atoms with Crippen molar-refractivity contribution in [2.45, 2.75) is 77.8 Å². The van der Waals surface area contributed by atoms with Crippen LogP contribution in [0.1, 0.15) is 66.2 Å². The molecule has 0 saturated heterocycles. The van der Waals surface area contributed by atoms with E-state index >= 15 is 0 Å². The third-order valence-corrected chi connectivity index (χ3v) is 4.82. The third-order valence-electron chi connectivity index (χ3n) is 4.82. The Morgan fingerprint density at radius 2 is 1.29 bits per heavy atom. The summed E-state index contributed by atoms with van der Waals surface area (Å²) in [6, 6.07) is 0.